The Labute approximate surface area is 153 Å². The number of aromatic amines is 1. The van der Waals surface area contributed by atoms with E-state index in [2.05, 4.69) is 15.0 Å². The van der Waals surface area contributed by atoms with Gasteiger partial charge in [-0.3, -0.25) is 9.97 Å². The van der Waals surface area contributed by atoms with E-state index in [9.17, 15) is 4.55 Å². The van der Waals surface area contributed by atoms with E-state index in [1.165, 1.54) is 0 Å². The lowest BCUT2D eigenvalue weighted by molar-refractivity contribution is -0.0685. The molecule has 26 heavy (non-hydrogen) atoms. The maximum atomic E-state index is 12.7. The number of pyridine rings is 1. The summed E-state index contributed by atoms with van der Waals surface area (Å²) in [5.41, 5.74) is 3.24. The second-order valence-corrected chi connectivity index (χ2v) is 7.28. The molecule has 1 aliphatic heterocycles. The van der Waals surface area contributed by atoms with Gasteiger partial charge in [0.25, 0.3) is 0 Å². The lowest BCUT2D eigenvalue weighted by Gasteiger charge is -2.15. The zero-order chi connectivity index (χ0) is 17.9. The molecule has 3 heterocycles. The molecule has 1 saturated heterocycles. The van der Waals surface area contributed by atoms with Crippen LogP contribution in [0, 0.1) is 6.92 Å². The van der Waals surface area contributed by atoms with Crippen molar-refractivity contribution in [3.05, 3.63) is 47.8 Å². The van der Waals surface area contributed by atoms with Crippen LogP contribution in [0.1, 0.15) is 11.3 Å². The van der Waals surface area contributed by atoms with Gasteiger partial charge in [0.2, 0.25) is 0 Å². The van der Waals surface area contributed by atoms with E-state index in [4.69, 9.17) is 14.2 Å². The normalized spacial score (nSPS) is 16.2. The van der Waals surface area contributed by atoms with E-state index in [-0.39, 0.29) is 12.0 Å². The number of H-pyrrole nitrogens is 1. The van der Waals surface area contributed by atoms with Gasteiger partial charge in [0.1, 0.15) is 12.4 Å². The number of ether oxygens (including phenoxy) is 3. The lowest BCUT2D eigenvalue weighted by Crippen LogP contribution is -2.19. The molecule has 136 valence electrons. The molecule has 1 fully saturated rings. The first-order chi connectivity index (χ1) is 12.7. The van der Waals surface area contributed by atoms with Crippen LogP contribution in [0.15, 0.2) is 41.7 Å². The van der Waals surface area contributed by atoms with Gasteiger partial charge in [0.15, 0.2) is 12.0 Å². The predicted octanol–water partition coefficient (Wildman–Crippen LogP) is 2.33. The summed E-state index contributed by atoms with van der Waals surface area (Å²) in [5.74, 6) is 0.954. The second kappa shape index (κ2) is 7.63. The Balaban J connectivity index is 1.47. The summed E-state index contributed by atoms with van der Waals surface area (Å²) >= 11 is -1.33. The number of rotatable bonds is 6. The summed E-state index contributed by atoms with van der Waals surface area (Å²) in [7, 11) is 0. The smallest absolute Gasteiger partial charge is 0.322 e. The van der Waals surface area contributed by atoms with Crippen LogP contribution in [0.3, 0.4) is 0 Å². The number of benzene rings is 1. The number of nitrogens with zero attached hydrogens (tertiary/aromatic N) is 2. The molecule has 8 heteroatoms. The standard InChI is InChI=1S/C18H19N3O4S/c1-12-15(19-7-6-16(12)25-10-17-23-8-9-24-17)11-26(22)18-20-13-4-2-3-5-14(13)21-18/h2-7,17H,8-11H2,1H3,(H,20,21)/t26-/m0/s1. The molecule has 0 saturated carbocycles. The fraction of sp³-hybridized carbons (Fsp3) is 0.333. The summed E-state index contributed by atoms with van der Waals surface area (Å²) in [6.45, 7) is 3.40. The van der Waals surface area contributed by atoms with Crippen molar-refractivity contribution in [1.82, 2.24) is 15.0 Å². The van der Waals surface area contributed by atoms with E-state index in [1.807, 2.05) is 31.2 Å². The monoisotopic (exact) mass is 373 g/mol. The molecule has 3 aromatic rings. The zero-order valence-electron chi connectivity index (χ0n) is 14.3. The number of nitrogens with one attached hydrogen (secondary N) is 1. The van der Waals surface area contributed by atoms with E-state index in [1.54, 1.807) is 12.3 Å². The number of fused-ring (bicyclic) bond motifs is 1. The second-order valence-electron chi connectivity index (χ2n) is 5.91. The minimum atomic E-state index is -1.33. The van der Waals surface area contributed by atoms with Gasteiger partial charge in [-0.1, -0.05) is 12.1 Å². The largest absolute Gasteiger partial charge is 0.609 e. The molecule has 0 amide bonds. The highest BCUT2D eigenvalue weighted by molar-refractivity contribution is 7.90. The maximum Gasteiger partial charge on any atom is 0.322 e. The van der Waals surface area contributed by atoms with Crippen molar-refractivity contribution in [3.63, 3.8) is 0 Å². The van der Waals surface area contributed by atoms with Crippen molar-refractivity contribution in [1.29, 1.82) is 0 Å². The van der Waals surface area contributed by atoms with Crippen molar-refractivity contribution >= 4 is 22.2 Å². The van der Waals surface area contributed by atoms with Gasteiger partial charge in [0, 0.05) is 22.9 Å². The van der Waals surface area contributed by atoms with Gasteiger partial charge in [0.05, 0.1) is 29.9 Å². The van der Waals surface area contributed by atoms with Crippen LogP contribution in [-0.4, -0.2) is 45.6 Å². The maximum absolute atomic E-state index is 12.7. The van der Waals surface area contributed by atoms with Gasteiger partial charge in [-0.15, -0.1) is 0 Å². The molecular weight excluding hydrogens is 354 g/mol. The number of aromatic nitrogens is 3. The van der Waals surface area contributed by atoms with Crippen LogP contribution < -0.4 is 4.74 Å². The van der Waals surface area contributed by atoms with Crippen LogP contribution in [-0.2, 0) is 26.4 Å². The minimum Gasteiger partial charge on any atom is -0.609 e. The highest BCUT2D eigenvalue weighted by Gasteiger charge is 2.21. The van der Waals surface area contributed by atoms with Crippen molar-refractivity contribution in [2.45, 2.75) is 24.1 Å². The van der Waals surface area contributed by atoms with Gasteiger partial charge in [-0.2, -0.15) is 4.98 Å². The van der Waals surface area contributed by atoms with Crippen molar-refractivity contribution in [2.75, 3.05) is 19.8 Å². The highest BCUT2D eigenvalue weighted by atomic mass is 32.2. The Morgan fingerprint density at radius 3 is 2.88 bits per heavy atom. The van der Waals surface area contributed by atoms with Crippen LogP contribution in [0.2, 0.25) is 0 Å². The average molecular weight is 373 g/mol. The van der Waals surface area contributed by atoms with Gasteiger partial charge >= 0.3 is 5.16 Å². The SMILES string of the molecule is Cc1c(OCC2OCCO2)ccnc1C[S@+]([O-])c1nc2ccccc2[nH]1. The quantitative estimate of drug-likeness (QED) is 0.667. The van der Waals surface area contributed by atoms with Crippen molar-refractivity contribution in [2.24, 2.45) is 0 Å². The molecule has 1 aliphatic rings. The summed E-state index contributed by atoms with van der Waals surface area (Å²) < 4.78 is 29.2. The highest BCUT2D eigenvalue weighted by Crippen LogP contribution is 2.24. The van der Waals surface area contributed by atoms with Crippen LogP contribution >= 0.6 is 0 Å². The molecule has 0 radical (unpaired) electrons. The predicted molar refractivity (Wildman–Crippen MR) is 96.4 cm³/mol. The van der Waals surface area contributed by atoms with E-state index in [0.717, 1.165) is 22.3 Å². The Morgan fingerprint density at radius 2 is 2.08 bits per heavy atom. The topological polar surface area (TPSA) is 92.3 Å². The van der Waals surface area contributed by atoms with Crippen LogP contribution in [0.4, 0.5) is 0 Å². The van der Waals surface area contributed by atoms with Crippen molar-refractivity contribution < 1.29 is 18.8 Å². The third kappa shape index (κ3) is 3.68. The molecule has 1 aromatic carbocycles. The van der Waals surface area contributed by atoms with E-state index >= 15 is 0 Å². The molecule has 7 nitrogen and oxygen atoms in total. The Bertz CT molecular complexity index is 862. The summed E-state index contributed by atoms with van der Waals surface area (Å²) in [6.07, 6.45) is 1.32. The number of para-hydroxylation sites is 2. The van der Waals surface area contributed by atoms with Gasteiger partial charge in [-0.05, 0) is 25.1 Å². The Kier molecular flexibility index (Phi) is 5.07. The fourth-order valence-electron chi connectivity index (χ4n) is 2.75. The fourth-order valence-corrected chi connectivity index (χ4v) is 3.85. The van der Waals surface area contributed by atoms with Crippen molar-refractivity contribution in [3.8, 4) is 5.75 Å². The summed E-state index contributed by atoms with van der Waals surface area (Å²) in [5, 5.41) is 0.450. The van der Waals surface area contributed by atoms with E-state index in [0.29, 0.717) is 30.7 Å². The molecule has 0 bridgehead atoms. The third-order valence-electron chi connectivity index (χ3n) is 4.18. The van der Waals surface area contributed by atoms with Gasteiger partial charge in [-0.25, -0.2) is 0 Å². The number of imidazole rings is 1. The molecule has 1 atom stereocenters. The zero-order valence-corrected chi connectivity index (χ0v) is 15.1. The first-order valence-corrected chi connectivity index (χ1v) is 9.66. The molecule has 0 aliphatic carbocycles. The summed E-state index contributed by atoms with van der Waals surface area (Å²) in [4.78, 5) is 11.9. The number of hydrogen-bond acceptors (Lipinski definition) is 6. The Hall–Kier alpha value is -2.13. The minimum absolute atomic E-state index is 0.263. The van der Waals surface area contributed by atoms with Crippen LogP contribution in [0.5, 0.6) is 5.75 Å². The molecule has 1 N–H and O–H groups in total. The Morgan fingerprint density at radius 1 is 1.27 bits per heavy atom. The summed E-state index contributed by atoms with van der Waals surface area (Å²) in [6, 6.07) is 9.40. The average Bonchev–Trinajstić information content (AvgIpc) is 3.31. The van der Waals surface area contributed by atoms with Gasteiger partial charge < -0.3 is 18.8 Å². The number of hydrogen-bond donors (Lipinski definition) is 1. The lowest BCUT2D eigenvalue weighted by atomic mass is 10.2. The molecule has 0 unspecified atom stereocenters. The van der Waals surface area contributed by atoms with E-state index < -0.39 is 11.2 Å². The molecule has 0 spiro atoms. The van der Waals surface area contributed by atoms with Crippen LogP contribution in [0.25, 0.3) is 11.0 Å². The third-order valence-corrected chi connectivity index (χ3v) is 5.34. The molecule has 4 rings (SSSR count). The molecule has 2 aromatic heterocycles. The first kappa shape index (κ1) is 17.3. The molecular formula is C18H19N3O4S. The first-order valence-electron chi connectivity index (χ1n) is 8.34.